The normalized spacial score (nSPS) is 11.6. The Labute approximate surface area is 176 Å². The van der Waals surface area contributed by atoms with Gasteiger partial charge < -0.3 is 20.3 Å². The number of benzene rings is 1. The van der Waals surface area contributed by atoms with E-state index in [1.54, 1.807) is 12.1 Å². The van der Waals surface area contributed by atoms with Gasteiger partial charge in [0.05, 0.1) is 0 Å². The highest BCUT2D eigenvalue weighted by atomic mass is 127. The summed E-state index contributed by atoms with van der Waals surface area (Å²) in [6.07, 6.45) is 0. The van der Waals surface area contributed by atoms with E-state index in [0.29, 0.717) is 19.0 Å². The van der Waals surface area contributed by atoms with Gasteiger partial charge in [-0.25, -0.2) is 4.99 Å². The molecule has 0 saturated heterocycles. The number of carbonyl (C=O) groups excluding carboxylic acids is 1. The van der Waals surface area contributed by atoms with E-state index in [1.165, 1.54) is 12.1 Å². The Bertz CT molecular complexity index is 604. The van der Waals surface area contributed by atoms with Gasteiger partial charge in [0.1, 0.15) is 12.3 Å². The Kier molecular flexibility index (Phi) is 11.2. The van der Waals surface area contributed by atoms with Gasteiger partial charge in [-0.1, -0.05) is 12.1 Å². The molecule has 27 heavy (non-hydrogen) atoms. The first-order valence-corrected chi connectivity index (χ1v) is 8.45. The second-order valence-corrected chi connectivity index (χ2v) is 6.85. The SMILES string of the molecule is CCNC(=NCC(=O)NC(C)(C)C)N(C)Cc1ccc(OC(F)F)cc1.I. The van der Waals surface area contributed by atoms with E-state index in [4.69, 9.17) is 0 Å². The molecule has 0 unspecified atom stereocenters. The molecule has 0 fully saturated rings. The number of carbonyl (C=O) groups is 1. The smallest absolute Gasteiger partial charge is 0.387 e. The average Bonchev–Trinajstić information content (AvgIpc) is 2.51. The summed E-state index contributed by atoms with van der Waals surface area (Å²) in [4.78, 5) is 18.1. The molecule has 0 aliphatic carbocycles. The second kappa shape index (κ2) is 11.9. The molecular formula is C18H29F2IN4O2. The van der Waals surface area contributed by atoms with Crippen molar-refractivity contribution in [2.24, 2.45) is 4.99 Å². The lowest BCUT2D eigenvalue weighted by Crippen LogP contribution is -2.43. The number of alkyl halides is 2. The summed E-state index contributed by atoms with van der Waals surface area (Å²) >= 11 is 0. The van der Waals surface area contributed by atoms with E-state index < -0.39 is 6.61 Å². The number of guanidine groups is 1. The van der Waals surface area contributed by atoms with Crippen LogP contribution in [0.5, 0.6) is 5.75 Å². The van der Waals surface area contributed by atoms with Crippen LogP contribution >= 0.6 is 24.0 Å². The maximum atomic E-state index is 12.2. The minimum Gasteiger partial charge on any atom is -0.435 e. The van der Waals surface area contributed by atoms with E-state index in [9.17, 15) is 13.6 Å². The second-order valence-electron chi connectivity index (χ2n) is 6.85. The van der Waals surface area contributed by atoms with E-state index in [1.807, 2.05) is 39.6 Å². The number of hydrogen-bond acceptors (Lipinski definition) is 3. The van der Waals surface area contributed by atoms with Gasteiger partial charge >= 0.3 is 6.61 Å². The van der Waals surface area contributed by atoms with Crippen LogP contribution in [0.1, 0.15) is 33.3 Å². The van der Waals surface area contributed by atoms with Crippen molar-refractivity contribution in [3.8, 4) is 5.75 Å². The number of hydrogen-bond donors (Lipinski definition) is 2. The van der Waals surface area contributed by atoms with Crippen molar-refractivity contribution in [2.75, 3.05) is 20.1 Å². The summed E-state index contributed by atoms with van der Waals surface area (Å²) in [6, 6.07) is 6.42. The molecule has 0 spiro atoms. The zero-order valence-electron chi connectivity index (χ0n) is 16.4. The van der Waals surface area contributed by atoms with Crippen molar-refractivity contribution in [3.63, 3.8) is 0 Å². The van der Waals surface area contributed by atoms with E-state index in [0.717, 1.165) is 5.56 Å². The van der Waals surface area contributed by atoms with Gasteiger partial charge in [0, 0.05) is 25.7 Å². The Balaban J connectivity index is 0.00000676. The lowest BCUT2D eigenvalue weighted by molar-refractivity contribution is -0.121. The lowest BCUT2D eigenvalue weighted by atomic mass is 10.1. The zero-order valence-corrected chi connectivity index (χ0v) is 18.7. The van der Waals surface area contributed by atoms with Crippen LogP contribution < -0.4 is 15.4 Å². The number of halogens is 3. The molecule has 1 rings (SSSR count). The molecule has 0 aliphatic rings. The van der Waals surface area contributed by atoms with Crippen molar-refractivity contribution >= 4 is 35.8 Å². The maximum absolute atomic E-state index is 12.2. The number of nitrogens with zero attached hydrogens (tertiary/aromatic N) is 2. The summed E-state index contributed by atoms with van der Waals surface area (Å²) in [5, 5.41) is 5.99. The molecule has 0 radical (unpaired) electrons. The summed E-state index contributed by atoms with van der Waals surface area (Å²) in [6.45, 7) is 6.01. The molecule has 0 heterocycles. The summed E-state index contributed by atoms with van der Waals surface area (Å²) in [5.41, 5.74) is 0.595. The predicted molar refractivity (Wildman–Crippen MR) is 114 cm³/mol. The van der Waals surface area contributed by atoms with Crippen LogP contribution in [0.25, 0.3) is 0 Å². The summed E-state index contributed by atoms with van der Waals surface area (Å²) in [7, 11) is 1.84. The van der Waals surface area contributed by atoms with Crippen molar-refractivity contribution < 1.29 is 18.3 Å². The standard InChI is InChI=1S/C18H28F2N4O2.HI/c1-6-21-17(22-11-15(25)23-18(2,3)4)24(5)12-13-7-9-14(10-8-13)26-16(19)20;/h7-10,16H,6,11-12H2,1-5H3,(H,21,22)(H,23,25);1H. The van der Waals surface area contributed by atoms with Crippen molar-refractivity contribution in [1.82, 2.24) is 15.5 Å². The molecule has 1 aromatic carbocycles. The Morgan fingerprint density at radius 3 is 2.33 bits per heavy atom. The third kappa shape index (κ3) is 10.9. The van der Waals surface area contributed by atoms with Gasteiger partial charge in [-0.3, -0.25) is 4.79 Å². The van der Waals surface area contributed by atoms with E-state index >= 15 is 0 Å². The van der Waals surface area contributed by atoms with Gasteiger partial charge in [0.25, 0.3) is 0 Å². The van der Waals surface area contributed by atoms with Crippen LogP contribution in [-0.2, 0) is 11.3 Å². The van der Waals surface area contributed by atoms with Crippen molar-refractivity contribution in [1.29, 1.82) is 0 Å². The first-order chi connectivity index (χ1) is 12.1. The minimum atomic E-state index is -2.84. The monoisotopic (exact) mass is 498 g/mol. The molecule has 6 nitrogen and oxygen atoms in total. The fraction of sp³-hybridized carbons (Fsp3) is 0.556. The number of amides is 1. The molecule has 2 N–H and O–H groups in total. The summed E-state index contributed by atoms with van der Waals surface area (Å²) in [5.74, 6) is 0.546. The first kappa shape index (κ1) is 25.4. The third-order valence-corrected chi connectivity index (χ3v) is 3.15. The number of ether oxygens (including phenoxy) is 1. The van der Waals surface area contributed by atoms with Gasteiger partial charge in [-0.15, -0.1) is 24.0 Å². The largest absolute Gasteiger partial charge is 0.435 e. The third-order valence-electron chi connectivity index (χ3n) is 3.15. The van der Waals surface area contributed by atoms with Gasteiger partial charge in [-0.2, -0.15) is 8.78 Å². The van der Waals surface area contributed by atoms with Gasteiger partial charge in [0.2, 0.25) is 5.91 Å². The van der Waals surface area contributed by atoms with Crippen LogP contribution in [0.15, 0.2) is 29.3 Å². The number of nitrogens with one attached hydrogen (secondary N) is 2. The molecular weight excluding hydrogens is 469 g/mol. The molecule has 1 aromatic rings. The molecule has 0 aliphatic heterocycles. The lowest BCUT2D eigenvalue weighted by Gasteiger charge is -2.23. The molecule has 154 valence electrons. The Morgan fingerprint density at radius 2 is 1.85 bits per heavy atom. The first-order valence-electron chi connectivity index (χ1n) is 8.45. The molecule has 0 saturated carbocycles. The molecule has 0 aromatic heterocycles. The Hall–Kier alpha value is -1.65. The van der Waals surface area contributed by atoms with Crippen molar-refractivity contribution in [3.05, 3.63) is 29.8 Å². The zero-order chi connectivity index (χ0) is 19.7. The highest BCUT2D eigenvalue weighted by molar-refractivity contribution is 14.0. The van der Waals surface area contributed by atoms with Crippen molar-refractivity contribution in [2.45, 2.75) is 46.4 Å². The van der Waals surface area contributed by atoms with Crippen LogP contribution in [-0.4, -0.2) is 49.1 Å². The summed E-state index contributed by atoms with van der Waals surface area (Å²) < 4.78 is 28.7. The predicted octanol–water partition coefficient (Wildman–Crippen LogP) is 3.22. The quantitative estimate of drug-likeness (QED) is 0.345. The average molecular weight is 498 g/mol. The molecule has 0 atom stereocenters. The topological polar surface area (TPSA) is 66.0 Å². The highest BCUT2D eigenvalue weighted by Crippen LogP contribution is 2.15. The Morgan fingerprint density at radius 1 is 1.26 bits per heavy atom. The van der Waals surface area contributed by atoms with Crippen LogP contribution in [0.2, 0.25) is 0 Å². The molecule has 0 bridgehead atoms. The van der Waals surface area contributed by atoms with E-state index in [-0.39, 0.29) is 47.7 Å². The van der Waals surface area contributed by atoms with E-state index in [2.05, 4.69) is 20.4 Å². The van der Waals surface area contributed by atoms with Gasteiger partial charge in [0.15, 0.2) is 5.96 Å². The van der Waals surface area contributed by atoms with Crippen LogP contribution in [0, 0.1) is 0 Å². The highest BCUT2D eigenvalue weighted by Gasteiger charge is 2.14. The number of rotatable bonds is 7. The fourth-order valence-electron chi connectivity index (χ4n) is 2.20. The van der Waals surface area contributed by atoms with Crippen LogP contribution in [0.3, 0.4) is 0 Å². The molecule has 1 amide bonds. The fourth-order valence-corrected chi connectivity index (χ4v) is 2.20. The minimum absolute atomic E-state index is 0. The number of aliphatic imine (C=N–C) groups is 1. The van der Waals surface area contributed by atoms with Crippen LogP contribution in [0.4, 0.5) is 8.78 Å². The van der Waals surface area contributed by atoms with Gasteiger partial charge in [-0.05, 0) is 45.4 Å². The maximum Gasteiger partial charge on any atom is 0.387 e. The molecule has 9 heteroatoms.